The Morgan fingerprint density at radius 2 is 2.20 bits per heavy atom. The van der Waals surface area contributed by atoms with Crippen LogP contribution in [-0.2, 0) is 9.53 Å². The van der Waals surface area contributed by atoms with Crippen molar-refractivity contribution in [1.82, 2.24) is 0 Å². The molecule has 0 saturated carbocycles. The van der Waals surface area contributed by atoms with Crippen molar-refractivity contribution in [2.45, 2.75) is 20.0 Å². The van der Waals surface area contributed by atoms with E-state index in [2.05, 4.69) is 11.3 Å². The van der Waals surface area contributed by atoms with E-state index in [9.17, 15) is 4.79 Å². The first-order chi connectivity index (χ1) is 4.59. The van der Waals surface area contributed by atoms with Gasteiger partial charge in [-0.3, -0.25) is 4.79 Å². The summed E-state index contributed by atoms with van der Waals surface area (Å²) in [4.78, 5) is 10.7. The molecular weight excluding hydrogens is 132 g/mol. The Balaban J connectivity index is 3.81. The van der Waals surface area contributed by atoms with Gasteiger partial charge in [-0.2, -0.15) is 0 Å². The summed E-state index contributed by atoms with van der Waals surface area (Å²) in [6.07, 6.45) is 0.383. The lowest BCUT2D eigenvalue weighted by molar-refractivity contribution is -0.145. The molecule has 0 fully saturated rings. The van der Waals surface area contributed by atoms with E-state index in [1.807, 2.05) is 0 Å². The highest BCUT2D eigenvalue weighted by Crippen LogP contribution is 2.03. The van der Waals surface area contributed by atoms with Crippen LogP contribution < -0.4 is 0 Å². The van der Waals surface area contributed by atoms with Crippen molar-refractivity contribution in [2.75, 3.05) is 0 Å². The molecule has 0 rings (SSSR count). The van der Waals surface area contributed by atoms with Crippen LogP contribution in [0.3, 0.4) is 0 Å². The molecule has 0 aliphatic carbocycles. The van der Waals surface area contributed by atoms with Crippen molar-refractivity contribution < 1.29 is 14.6 Å². The molecule has 0 heterocycles. The molecule has 0 bridgehead atoms. The number of hydrogen-bond donors (Lipinski definition) is 1. The van der Waals surface area contributed by atoms with Crippen LogP contribution in [0.25, 0.3) is 0 Å². The summed E-state index contributed by atoms with van der Waals surface area (Å²) in [5.41, 5.74) is 0. The Kier molecular flexibility index (Phi) is 3.72. The minimum atomic E-state index is -0.674. The van der Waals surface area contributed by atoms with E-state index in [0.29, 0.717) is 0 Å². The zero-order chi connectivity index (χ0) is 8.15. The summed E-state index contributed by atoms with van der Waals surface area (Å²) >= 11 is 0. The third kappa shape index (κ3) is 2.64. The van der Waals surface area contributed by atoms with Gasteiger partial charge in [-0.05, 0) is 13.8 Å². The second-order valence-corrected chi connectivity index (χ2v) is 2.13. The molecule has 0 unspecified atom stereocenters. The van der Waals surface area contributed by atoms with Crippen LogP contribution in [0.1, 0.15) is 13.8 Å². The van der Waals surface area contributed by atoms with Gasteiger partial charge in [-0.25, -0.2) is 0 Å². The number of esters is 1. The average Bonchev–Trinajstić information content (AvgIpc) is 1.87. The van der Waals surface area contributed by atoms with E-state index >= 15 is 0 Å². The van der Waals surface area contributed by atoms with Crippen LogP contribution in [0.15, 0.2) is 12.8 Å². The minimum absolute atomic E-state index is 0.454. The highest BCUT2D eigenvalue weighted by atomic mass is 16.5. The largest absolute Gasteiger partial charge is 0.435 e. The molecule has 10 heavy (non-hydrogen) atoms. The van der Waals surface area contributed by atoms with Gasteiger partial charge in [0.05, 0.1) is 18.3 Å². The van der Waals surface area contributed by atoms with Crippen LogP contribution >= 0.6 is 0 Å². The zero-order valence-corrected chi connectivity index (χ0v) is 6.20. The highest BCUT2D eigenvalue weighted by Gasteiger charge is 2.18. The molecular formula is C7H12O3. The molecule has 0 aromatic rings. The SMILES string of the molecule is C=COC(=O)[C@H](C)[C@@H](C)O. The monoisotopic (exact) mass is 144 g/mol. The van der Waals surface area contributed by atoms with E-state index in [1.165, 1.54) is 6.92 Å². The Labute approximate surface area is 60.3 Å². The Hall–Kier alpha value is -0.830. The van der Waals surface area contributed by atoms with Gasteiger partial charge in [-0.15, -0.1) is 0 Å². The summed E-state index contributed by atoms with van der Waals surface area (Å²) < 4.78 is 4.43. The normalized spacial score (nSPS) is 15.5. The first-order valence-corrected chi connectivity index (χ1v) is 3.09. The molecule has 0 saturated heterocycles. The van der Waals surface area contributed by atoms with Gasteiger partial charge in [0.2, 0.25) is 0 Å². The smallest absolute Gasteiger partial charge is 0.316 e. The van der Waals surface area contributed by atoms with Gasteiger partial charge in [0.15, 0.2) is 0 Å². The highest BCUT2D eigenvalue weighted by molar-refractivity contribution is 5.73. The number of hydrogen-bond acceptors (Lipinski definition) is 3. The van der Waals surface area contributed by atoms with Gasteiger partial charge in [0.25, 0.3) is 0 Å². The fourth-order valence-corrected chi connectivity index (χ4v) is 0.386. The quantitative estimate of drug-likeness (QED) is 0.468. The first-order valence-electron chi connectivity index (χ1n) is 3.09. The summed E-state index contributed by atoms with van der Waals surface area (Å²) in [7, 11) is 0. The van der Waals surface area contributed by atoms with E-state index in [4.69, 9.17) is 5.11 Å². The second kappa shape index (κ2) is 4.06. The standard InChI is InChI=1S/C7H12O3/c1-4-10-7(9)5(2)6(3)8/h4-6,8H,1H2,2-3H3/t5-,6-/m1/s1. The van der Waals surface area contributed by atoms with E-state index in [1.54, 1.807) is 6.92 Å². The average molecular weight is 144 g/mol. The molecule has 0 aromatic carbocycles. The van der Waals surface area contributed by atoms with E-state index < -0.39 is 18.0 Å². The van der Waals surface area contributed by atoms with E-state index in [0.717, 1.165) is 6.26 Å². The third-order valence-corrected chi connectivity index (χ3v) is 1.29. The molecule has 0 aliphatic heterocycles. The van der Waals surface area contributed by atoms with Gasteiger partial charge in [-0.1, -0.05) is 6.58 Å². The van der Waals surface area contributed by atoms with Gasteiger partial charge >= 0.3 is 5.97 Å². The number of aliphatic hydroxyl groups is 1. The van der Waals surface area contributed by atoms with Crippen molar-refractivity contribution in [3.05, 3.63) is 12.8 Å². The van der Waals surface area contributed by atoms with Crippen LogP contribution in [0, 0.1) is 5.92 Å². The lowest BCUT2D eigenvalue weighted by Crippen LogP contribution is -2.23. The minimum Gasteiger partial charge on any atom is -0.435 e. The van der Waals surface area contributed by atoms with Gasteiger partial charge < -0.3 is 9.84 Å². The maximum atomic E-state index is 10.7. The summed E-state index contributed by atoms with van der Waals surface area (Å²) in [6.45, 7) is 6.35. The van der Waals surface area contributed by atoms with Crippen molar-refractivity contribution in [3.63, 3.8) is 0 Å². The predicted octanol–water partition coefficient (Wildman–Crippen LogP) is 0.690. The lowest BCUT2D eigenvalue weighted by Gasteiger charge is -2.10. The number of carbonyl (C=O) groups excluding carboxylic acids is 1. The Morgan fingerprint density at radius 1 is 1.70 bits per heavy atom. The molecule has 1 N–H and O–H groups in total. The lowest BCUT2D eigenvalue weighted by atomic mass is 10.1. The third-order valence-electron chi connectivity index (χ3n) is 1.29. The molecule has 3 heteroatoms. The Bertz CT molecular complexity index is 129. The van der Waals surface area contributed by atoms with Crippen molar-refractivity contribution in [3.8, 4) is 0 Å². The molecule has 2 atom stereocenters. The molecule has 58 valence electrons. The summed E-state index contributed by atoms with van der Waals surface area (Å²) in [5.74, 6) is -0.942. The summed E-state index contributed by atoms with van der Waals surface area (Å²) in [5, 5.41) is 8.88. The van der Waals surface area contributed by atoms with Gasteiger partial charge in [0, 0.05) is 0 Å². The van der Waals surface area contributed by atoms with Crippen molar-refractivity contribution >= 4 is 5.97 Å². The number of carbonyl (C=O) groups is 1. The molecule has 0 radical (unpaired) electrons. The van der Waals surface area contributed by atoms with Crippen molar-refractivity contribution in [1.29, 1.82) is 0 Å². The first kappa shape index (κ1) is 9.17. The second-order valence-electron chi connectivity index (χ2n) is 2.13. The maximum Gasteiger partial charge on any atom is 0.316 e. The van der Waals surface area contributed by atoms with Crippen LogP contribution in [0.2, 0.25) is 0 Å². The van der Waals surface area contributed by atoms with Crippen LogP contribution in [0.4, 0.5) is 0 Å². The zero-order valence-electron chi connectivity index (χ0n) is 6.20. The number of ether oxygens (including phenoxy) is 1. The molecule has 0 aromatic heterocycles. The van der Waals surface area contributed by atoms with Crippen LogP contribution in [-0.4, -0.2) is 17.2 Å². The van der Waals surface area contributed by atoms with Crippen molar-refractivity contribution in [2.24, 2.45) is 5.92 Å². The molecule has 0 aliphatic rings. The van der Waals surface area contributed by atoms with Gasteiger partial charge in [0.1, 0.15) is 0 Å². The molecule has 0 spiro atoms. The Morgan fingerprint density at radius 3 is 2.50 bits per heavy atom. The topological polar surface area (TPSA) is 46.5 Å². The predicted molar refractivity (Wildman–Crippen MR) is 37.1 cm³/mol. The number of aliphatic hydroxyl groups excluding tert-OH is 1. The van der Waals surface area contributed by atoms with E-state index in [-0.39, 0.29) is 0 Å². The fraction of sp³-hybridized carbons (Fsp3) is 0.571. The molecule has 3 nitrogen and oxygen atoms in total. The molecule has 0 amide bonds. The van der Waals surface area contributed by atoms with Crippen LogP contribution in [0.5, 0.6) is 0 Å². The maximum absolute atomic E-state index is 10.7. The number of rotatable bonds is 3. The summed E-state index contributed by atoms with van der Waals surface area (Å²) in [6, 6.07) is 0. The fourth-order valence-electron chi connectivity index (χ4n) is 0.386.